The number of hydrogen-bond acceptors (Lipinski definition) is 5. The molecular weight excluding hydrogens is 398 g/mol. The fourth-order valence-corrected chi connectivity index (χ4v) is 4.90. The summed E-state index contributed by atoms with van der Waals surface area (Å²) in [5, 5.41) is 0. The molecule has 0 unspecified atom stereocenters. The summed E-state index contributed by atoms with van der Waals surface area (Å²) in [4.78, 5) is -0.513. The minimum absolute atomic E-state index is 0. The van der Waals surface area contributed by atoms with Crippen LogP contribution in [0.3, 0.4) is 0 Å². The number of nitrogen functional groups attached to an aromatic ring is 1. The molecule has 0 fully saturated rings. The summed E-state index contributed by atoms with van der Waals surface area (Å²) in [6, 6.07) is 12.6. The van der Waals surface area contributed by atoms with Crippen LogP contribution in [0, 0.1) is 0 Å². The summed E-state index contributed by atoms with van der Waals surface area (Å²) in [5.74, 6) is 0. The topological polar surface area (TPSA) is 110 Å². The second kappa shape index (κ2) is 8.83. The van der Waals surface area contributed by atoms with E-state index in [0.29, 0.717) is 12.1 Å². The zero-order valence-corrected chi connectivity index (χ0v) is 16.9. The van der Waals surface area contributed by atoms with Gasteiger partial charge in [-0.15, -0.1) is 12.4 Å². The van der Waals surface area contributed by atoms with Crippen LogP contribution in [0.15, 0.2) is 58.3 Å². The van der Waals surface area contributed by atoms with E-state index >= 15 is 0 Å². The lowest BCUT2D eigenvalue weighted by molar-refractivity contribution is 0.516. The van der Waals surface area contributed by atoms with Crippen molar-refractivity contribution in [2.45, 2.75) is 16.2 Å². The van der Waals surface area contributed by atoms with Gasteiger partial charge in [-0.05, 0) is 36.2 Å². The fourth-order valence-electron chi connectivity index (χ4n) is 2.17. The Morgan fingerprint density at radius 3 is 2.00 bits per heavy atom. The van der Waals surface area contributed by atoms with Crippen molar-refractivity contribution in [1.29, 1.82) is 0 Å². The highest BCUT2D eigenvalue weighted by molar-refractivity contribution is 7.92. The molecule has 0 aliphatic rings. The van der Waals surface area contributed by atoms with E-state index in [0.717, 1.165) is 9.87 Å². The van der Waals surface area contributed by atoms with Crippen molar-refractivity contribution < 1.29 is 16.8 Å². The van der Waals surface area contributed by atoms with Crippen molar-refractivity contribution in [2.24, 2.45) is 0 Å². The van der Waals surface area contributed by atoms with Crippen LogP contribution >= 0.6 is 12.4 Å². The molecule has 26 heavy (non-hydrogen) atoms. The van der Waals surface area contributed by atoms with Crippen LogP contribution in [-0.2, 0) is 26.5 Å². The predicted molar refractivity (Wildman–Crippen MR) is 104 cm³/mol. The molecule has 2 aromatic rings. The van der Waals surface area contributed by atoms with Crippen molar-refractivity contribution in [1.82, 2.24) is 9.03 Å². The Balaban J connectivity index is 0.00000338. The molecule has 0 saturated carbocycles. The third kappa shape index (κ3) is 5.18. The van der Waals surface area contributed by atoms with Gasteiger partial charge >= 0.3 is 0 Å². The standard InChI is InChI=1S/C16H21N3O4S2.ClH/c1-19(2)25(22,23)16-6-4-3-5-15(16)24(20,21)18-12-11-13-7-9-14(17)10-8-13;/h3-10,18H,11-12,17H2,1-2H3;1H. The Labute approximate surface area is 160 Å². The van der Waals surface area contributed by atoms with Gasteiger partial charge < -0.3 is 5.73 Å². The lowest BCUT2D eigenvalue weighted by Gasteiger charge is -2.15. The number of anilines is 1. The molecule has 0 bridgehead atoms. The molecule has 0 heterocycles. The molecule has 0 aliphatic heterocycles. The highest BCUT2D eigenvalue weighted by Crippen LogP contribution is 2.22. The number of rotatable bonds is 7. The van der Waals surface area contributed by atoms with E-state index in [1.807, 2.05) is 12.1 Å². The number of nitrogens with zero attached hydrogens (tertiary/aromatic N) is 1. The van der Waals surface area contributed by atoms with E-state index in [1.54, 1.807) is 12.1 Å². The summed E-state index contributed by atoms with van der Waals surface area (Å²) in [6.07, 6.45) is 0.460. The molecule has 0 amide bonds. The van der Waals surface area contributed by atoms with Gasteiger partial charge in [0.15, 0.2) is 0 Å². The van der Waals surface area contributed by atoms with Gasteiger partial charge in [0.05, 0.1) is 0 Å². The lowest BCUT2D eigenvalue weighted by atomic mass is 10.1. The van der Waals surface area contributed by atoms with Gasteiger partial charge in [-0.3, -0.25) is 0 Å². The SMILES string of the molecule is CN(C)S(=O)(=O)c1ccccc1S(=O)(=O)NCCc1ccc(N)cc1.Cl. The largest absolute Gasteiger partial charge is 0.399 e. The maximum absolute atomic E-state index is 12.6. The normalized spacial score (nSPS) is 12.0. The average molecular weight is 420 g/mol. The number of sulfonamides is 2. The molecule has 3 N–H and O–H groups in total. The summed E-state index contributed by atoms with van der Waals surface area (Å²) in [7, 11) is -5.13. The third-order valence-corrected chi connectivity index (χ3v) is 7.10. The Morgan fingerprint density at radius 2 is 1.46 bits per heavy atom. The molecule has 0 saturated heterocycles. The predicted octanol–water partition coefficient (Wildman–Crippen LogP) is 1.46. The highest BCUT2D eigenvalue weighted by atomic mass is 35.5. The van der Waals surface area contributed by atoms with Crippen molar-refractivity contribution in [3.63, 3.8) is 0 Å². The van der Waals surface area contributed by atoms with Crippen LogP contribution in [-0.4, -0.2) is 41.8 Å². The molecular formula is C16H22ClN3O4S2. The van der Waals surface area contributed by atoms with Crippen molar-refractivity contribution in [3.05, 3.63) is 54.1 Å². The van der Waals surface area contributed by atoms with Crippen LogP contribution in [0.4, 0.5) is 5.69 Å². The zero-order chi connectivity index (χ0) is 18.7. The van der Waals surface area contributed by atoms with E-state index in [-0.39, 0.29) is 28.7 Å². The van der Waals surface area contributed by atoms with Crippen molar-refractivity contribution in [3.8, 4) is 0 Å². The first-order valence-electron chi connectivity index (χ1n) is 7.50. The molecule has 7 nitrogen and oxygen atoms in total. The molecule has 144 valence electrons. The summed E-state index contributed by atoms with van der Waals surface area (Å²) in [6.45, 7) is 0.141. The van der Waals surface area contributed by atoms with Gasteiger partial charge in [0.2, 0.25) is 20.0 Å². The number of benzene rings is 2. The van der Waals surface area contributed by atoms with Gasteiger partial charge in [-0.1, -0.05) is 24.3 Å². The number of halogens is 1. The van der Waals surface area contributed by atoms with Crippen LogP contribution in [0.2, 0.25) is 0 Å². The van der Waals surface area contributed by atoms with Crippen molar-refractivity contribution >= 4 is 38.1 Å². The first-order valence-corrected chi connectivity index (χ1v) is 10.4. The molecule has 10 heteroatoms. The van der Waals surface area contributed by atoms with Crippen LogP contribution in [0.5, 0.6) is 0 Å². The van der Waals surface area contributed by atoms with Gasteiger partial charge in [0.25, 0.3) is 0 Å². The van der Waals surface area contributed by atoms with E-state index in [1.165, 1.54) is 38.4 Å². The summed E-state index contributed by atoms with van der Waals surface area (Å²) < 4.78 is 53.2. The van der Waals surface area contributed by atoms with Gasteiger partial charge in [0.1, 0.15) is 9.79 Å². The Morgan fingerprint density at radius 1 is 0.923 bits per heavy atom. The number of hydrogen-bond donors (Lipinski definition) is 2. The maximum Gasteiger partial charge on any atom is 0.243 e. The first-order chi connectivity index (χ1) is 11.6. The van der Waals surface area contributed by atoms with E-state index in [2.05, 4.69) is 4.72 Å². The third-order valence-electron chi connectivity index (χ3n) is 3.58. The molecule has 0 atom stereocenters. The van der Waals surface area contributed by atoms with Crippen molar-refractivity contribution in [2.75, 3.05) is 26.4 Å². The minimum Gasteiger partial charge on any atom is -0.399 e. The summed E-state index contributed by atoms with van der Waals surface area (Å²) >= 11 is 0. The number of nitrogens with two attached hydrogens (primary N) is 1. The Hall–Kier alpha value is -1.65. The van der Waals surface area contributed by atoms with E-state index in [9.17, 15) is 16.8 Å². The van der Waals surface area contributed by atoms with E-state index in [4.69, 9.17) is 5.73 Å². The fraction of sp³-hybridized carbons (Fsp3) is 0.250. The molecule has 0 spiro atoms. The molecule has 2 rings (SSSR count). The average Bonchev–Trinajstić information content (AvgIpc) is 2.56. The van der Waals surface area contributed by atoms with Gasteiger partial charge in [-0.2, -0.15) is 0 Å². The molecule has 0 aromatic heterocycles. The minimum atomic E-state index is -3.97. The second-order valence-electron chi connectivity index (χ2n) is 5.62. The Bertz CT molecular complexity index is 944. The van der Waals surface area contributed by atoms with Gasteiger partial charge in [0, 0.05) is 26.3 Å². The molecule has 2 aromatic carbocycles. The Kier molecular flexibility index (Phi) is 7.60. The quantitative estimate of drug-likeness (QED) is 0.660. The number of nitrogens with one attached hydrogen (secondary N) is 1. The van der Waals surface area contributed by atoms with Gasteiger partial charge in [-0.25, -0.2) is 25.9 Å². The summed E-state index contributed by atoms with van der Waals surface area (Å²) in [5.41, 5.74) is 7.16. The van der Waals surface area contributed by atoms with Crippen LogP contribution in [0.1, 0.15) is 5.56 Å². The van der Waals surface area contributed by atoms with E-state index < -0.39 is 20.0 Å². The molecule has 0 aliphatic carbocycles. The first kappa shape index (κ1) is 22.4. The molecule has 0 radical (unpaired) electrons. The zero-order valence-electron chi connectivity index (χ0n) is 14.4. The monoisotopic (exact) mass is 419 g/mol. The lowest BCUT2D eigenvalue weighted by Crippen LogP contribution is -2.29. The second-order valence-corrected chi connectivity index (χ2v) is 9.48. The van der Waals surface area contributed by atoms with Crippen LogP contribution < -0.4 is 10.5 Å². The maximum atomic E-state index is 12.6. The van der Waals surface area contributed by atoms with Crippen LogP contribution in [0.25, 0.3) is 0 Å². The smallest absolute Gasteiger partial charge is 0.243 e. The highest BCUT2D eigenvalue weighted by Gasteiger charge is 2.27.